The van der Waals surface area contributed by atoms with E-state index in [1.807, 2.05) is 47.3 Å². The highest BCUT2D eigenvalue weighted by atomic mass is 35.5. The van der Waals surface area contributed by atoms with E-state index in [2.05, 4.69) is 22.4 Å². The third-order valence-corrected chi connectivity index (χ3v) is 4.25. The van der Waals surface area contributed by atoms with E-state index in [0.717, 1.165) is 12.2 Å². The van der Waals surface area contributed by atoms with Crippen LogP contribution in [0.1, 0.15) is 23.0 Å². The smallest absolute Gasteiger partial charge is 0.256 e. The Balaban J connectivity index is 1.69. The number of benzene rings is 1. The molecule has 0 aliphatic carbocycles. The number of aryl methyl sites for hydroxylation is 1. The molecule has 7 heteroatoms. The van der Waals surface area contributed by atoms with E-state index in [1.165, 1.54) is 0 Å². The minimum absolute atomic E-state index is 0.211. The second-order valence-corrected chi connectivity index (χ2v) is 6.40. The van der Waals surface area contributed by atoms with Gasteiger partial charge in [0, 0.05) is 25.5 Å². The van der Waals surface area contributed by atoms with Crippen molar-refractivity contribution in [2.75, 3.05) is 6.54 Å². The summed E-state index contributed by atoms with van der Waals surface area (Å²) in [6.07, 6.45) is 3.65. The maximum Gasteiger partial charge on any atom is 0.256 e. The Labute approximate surface area is 151 Å². The fourth-order valence-electron chi connectivity index (χ4n) is 2.64. The number of carbonyl (C=O) groups excluding carboxylic acids is 1. The Bertz CT molecular complexity index is 842. The molecule has 0 radical (unpaired) electrons. The van der Waals surface area contributed by atoms with Crippen LogP contribution < -0.4 is 5.32 Å². The topological polar surface area (TPSA) is 64.7 Å². The molecule has 0 saturated heterocycles. The first-order valence-electron chi connectivity index (χ1n) is 8.12. The highest BCUT2D eigenvalue weighted by Crippen LogP contribution is 2.23. The molecule has 1 unspecified atom stereocenters. The van der Waals surface area contributed by atoms with Crippen molar-refractivity contribution in [1.82, 2.24) is 24.9 Å². The molecular weight excluding hydrogens is 338 g/mol. The average Bonchev–Trinajstić information content (AvgIpc) is 3.21. The number of carbonyl (C=O) groups is 1. The number of rotatable bonds is 6. The molecule has 130 valence electrons. The van der Waals surface area contributed by atoms with Gasteiger partial charge in [-0.1, -0.05) is 36.7 Å². The van der Waals surface area contributed by atoms with Crippen LogP contribution in [0.15, 0.2) is 48.8 Å². The first-order valence-corrected chi connectivity index (χ1v) is 8.50. The number of amides is 1. The Morgan fingerprint density at radius 2 is 2.04 bits per heavy atom. The molecule has 1 atom stereocenters. The van der Waals surface area contributed by atoms with E-state index in [4.69, 9.17) is 11.6 Å². The lowest BCUT2D eigenvalue weighted by Gasteiger charge is -2.12. The summed E-state index contributed by atoms with van der Waals surface area (Å²) in [5.41, 5.74) is 1.84. The summed E-state index contributed by atoms with van der Waals surface area (Å²) in [5.74, 6) is 0.0316. The van der Waals surface area contributed by atoms with Gasteiger partial charge in [-0.2, -0.15) is 10.2 Å². The maximum absolute atomic E-state index is 12.6. The zero-order valence-electron chi connectivity index (χ0n) is 14.2. The van der Waals surface area contributed by atoms with Crippen molar-refractivity contribution >= 4 is 17.5 Å². The highest BCUT2D eigenvalue weighted by molar-refractivity contribution is 6.33. The number of hydrogen-bond acceptors (Lipinski definition) is 3. The fraction of sp³-hybridized carbons (Fsp3) is 0.278. The van der Waals surface area contributed by atoms with Crippen LogP contribution in [0.25, 0.3) is 5.69 Å². The van der Waals surface area contributed by atoms with E-state index >= 15 is 0 Å². The lowest BCUT2D eigenvalue weighted by molar-refractivity contribution is 0.0946. The number of halogens is 1. The summed E-state index contributed by atoms with van der Waals surface area (Å²) in [4.78, 5) is 12.6. The number of para-hydroxylation sites is 1. The van der Waals surface area contributed by atoms with E-state index in [-0.39, 0.29) is 11.8 Å². The van der Waals surface area contributed by atoms with Crippen molar-refractivity contribution in [3.63, 3.8) is 0 Å². The Morgan fingerprint density at radius 1 is 1.28 bits per heavy atom. The molecule has 0 fully saturated rings. The summed E-state index contributed by atoms with van der Waals surface area (Å²) in [6, 6.07) is 11.4. The van der Waals surface area contributed by atoms with Crippen LogP contribution in [0.3, 0.4) is 0 Å². The second kappa shape index (κ2) is 7.53. The Morgan fingerprint density at radius 3 is 2.72 bits per heavy atom. The molecule has 0 spiro atoms. The summed E-state index contributed by atoms with van der Waals surface area (Å²) < 4.78 is 3.43. The van der Waals surface area contributed by atoms with Crippen molar-refractivity contribution in [3.05, 3.63) is 65.2 Å². The van der Waals surface area contributed by atoms with Gasteiger partial charge in [0.1, 0.15) is 5.15 Å². The standard InChI is InChI=1S/C18H20ClN5O/c1-13(12-23-10-6-9-21-23)11-20-18(25)16-14(2)22-24(17(16)19)15-7-4-3-5-8-15/h3-10,13H,11-12H2,1-2H3,(H,20,25). The number of nitrogens with zero attached hydrogens (tertiary/aromatic N) is 4. The van der Waals surface area contributed by atoms with Crippen molar-refractivity contribution in [2.45, 2.75) is 20.4 Å². The largest absolute Gasteiger partial charge is 0.352 e. The van der Waals surface area contributed by atoms with Crippen LogP contribution in [0, 0.1) is 12.8 Å². The van der Waals surface area contributed by atoms with Gasteiger partial charge in [0.2, 0.25) is 0 Å². The first-order chi connectivity index (χ1) is 12.1. The molecule has 3 aromatic rings. The summed E-state index contributed by atoms with van der Waals surface area (Å²) in [7, 11) is 0. The van der Waals surface area contributed by atoms with Crippen molar-refractivity contribution < 1.29 is 4.79 Å². The van der Waals surface area contributed by atoms with Gasteiger partial charge in [-0.05, 0) is 31.0 Å². The summed E-state index contributed by atoms with van der Waals surface area (Å²) >= 11 is 6.41. The first kappa shape index (κ1) is 17.2. The summed E-state index contributed by atoms with van der Waals surface area (Å²) in [5, 5.41) is 11.8. The average molecular weight is 358 g/mol. The van der Waals surface area contributed by atoms with Gasteiger partial charge in [-0.3, -0.25) is 9.48 Å². The van der Waals surface area contributed by atoms with Crippen LogP contribution in [0.4, 0.5) is 0 Å². The maximum atomic E-state index is 12.6. The minimum atomic E-state index is -0.211. The number of hydrogen-bond donors (Lipinski definition) is 1. The van der Waals surface area contributed by atoms with Crippen molar-refractivity contribution in [3.8, 4) is 5.69 Å². The molecule has 0 bridgehead atoms. The predicted molar refractivity (Wildman–Crippen MR) is 97.0 cm³/mol. The molecule has 2 heterocycles. The van der Waals surface area contributed by atoms with Crippen molar-refractivity contribution in [2.24, 2.45) is 5.92 Å². The fourth-order valence-corrected chi connectivity index (χ4v) is 3.00. The lowest BCUT2D eigenvalue weighted by Crippen LogP contribution is -2.30. The van der Waals surface area contributed by atoms with Crippen LogP contribution >= 0.6 is 11.6 Å². The molecule has 2 aromatic heterocycles. The van der Waals surface area contributed by atoms with Gasteiger partial charge < -0.3 is 5.32 Å². The monoisotopic (exact) mass is 357 g/mol. The van der Waals surface area contributed by atoms with Gasteiger partial charge in [-0.15, -0.1) is 0 Å². The lowest BCUT2D eigenvalue weighted by atomic mass is 10.1. The molecular formula is C18H20ClN5O. The van der Waals surface area contributed by atoms with E-state index in [0.29, 0.717) is 23.0 Å². The quantitative estimate of drug-likeness (QED) is 0.737. The normalized spacial score (nSPS) is 12.1. The molecule has 6 nitrogen and oxygen atoms in total. The molecule has 0 aliphatic rings. The molecule has 0 aliphatic heterocycles. The van der Waals surface area contributed by atoms with Gasteiger partial charge in [-0.25, -0.2) is 4.68 Å². The number of aromatic nitrogens is 4. The molecule has 1 aromatic carbocycles. The van der Waals surface area contributed by atoms with Gasteiger partial charge >= 0.3 is 0 Å². The van der Waals surface area contributed by atoms with E-state index < -0.39 is 0 Å². The SMILES string of the molecule is Cc1nn(-c2ccccc2)c(Cl)c1C(=O)NCC(C)Cn1cccn1. The van der Waals surface area contributed by atoms with Gasteiger partial charge in [0.15, 0.2) is 0 Å². The molecule has 3 rings (SSSR count). The minimum Gasteiger partial charge on any atom is -0.352 e. The van der Waals surface area contributed by atoms with E-state index in [1.54, 1.807) is 17.8 Å². The van der Waals surface area contributed by atoms with Gasteiger partial charge in [0.05, 0.1) is 16.9 Å². The third kappa shape index (κ3) is 3.91. The third-order valence-electron chi connectivity index (χ3n) is 3.90. The van der Waals surface area contributed by atoms with E-state index in [9.17, 15) is 4.79 Å². The Kier molecular flexibility index (Phi) is 5.19. The zero-order valence-corrected chi connectivity index (χ0v) is 14.9. The summed E-state index contributed by atoms with van der Waals surface area (Å²) in [6.45, 7) is 5.12. The van der Waals surface area contributed by atoms with Crippen LogP contribution in [-0.4, -0.2) is 32.0 Å². The van der Waals surface area contributed by atoms with Crippen LogP contribution in [0.5, 0.6) is 0 Å². The highest BCUT2D eigenvalue weighted by Gasteiger charge is 2.21. The van der Waals surface area contributed by atoms with Crippen LogP contribution in [0.2, 0.25) is 5.15 Å². The second-order valence-electron chi connectivity index (χ2n) is 6.04. The molecule has 1 amide bonds. The van der Waals surface area contributed by atoms with Crippen molar-refractivity contribution in [1.29, 1.82) is 0 Å². The van der Waals surface area contributed by atoms with Crippen LogP contribution in [-0.2, 0) is 6.54 Å². The Hall–Kier alpha value is -2.60. The number of nitrogens with one attached hydrogen (secondary N) is 1. The van der Waals surface area contributed by atoms with Gasteiger partial charge in [0.25, 0.3) is 5.91 Å². The molecule has 1 N–H and O–H groups in total. The predicted octanol–water partition coefficient (Wildman–Crippen LogP) is 3.10. The zero-order chi connectivity index (χ0) is 17.8. The molecule has 0 saturated carbocycles. The molecule has 25 heavy (non-hydrogen) atoms.